The maximum Gasteiger partial charge on any atom is 0.361 e. The zero-order valence-corrected chi connectivity index (χ0v) is 11.2. The van der Waals surface area contributed by atoms with Crippen molar-refractivity contribution < 1.29 is 13.6 Å². The highest BCUT2D eigenvalue weighted by Crippen LogP contribution is 2.47. The second-order valence-corrected chi connectivity index (χ2v) is 5.55. The maximum atomic E-state index is 12.5. The van der Waals surface area contributed by atoms with Crippen LogP contribution in [0.5, 0.6) is 0 Å². The summed E-state index contributed by atoms with van der Waals surface area (Å²) in [6.45, 7) is 8.32. The number of hydrogen-bond donors (Lipinski definition) is 0. The highest BCUT2D eigenvalue weighted by atomic mass is 31.2. The molecule has 0 aliphatic carbocycles. The van der Waals surface area contributed by atoms with E-state index in [1.54, 1.807) is 0 Å². The molecule has 0 bridgehead atoms. The van der Waals surface area contributed by atoms with Gasteiger partial charge in [-0.3, -0.25) is 4.57 Å². The molecule has 0 aliphatic heterocycles. The molecule has 0 aromatic heterocycles. The van der Waals surface area contributed by atoms with Gasteiger partial charge < -0.3 is 9.05 Å². The molecule has 4 heteroatoms. The van der Waals surface area contributed by atoms with Crippen LogP contribution < -0.4 is 5.30 Å². The Morgan fingerprint density at radius 2 is 1.69 bits per heavy atom. The molecule has 0 unspecified atom stereocenters. The molecular weight excluding hydrogens is 223 g/mol. The van der Waals surface area contributed by atoms with Crippen LogP contribution >= 0.6 is 7.60 Å². The van der Waals surface area contributed by atoms with Crippen molar-refractivity contribution in [2.45, 2.75) is 27.7 Å². The second-order valence-electron chi connectivity index (χ2n) is 3.55. The van der Waals surface area contributed by atoms with Gasteiger partial charge in [-0.25, -0.2) is 0 Å². The van der Waals surface area contributed by atoms with Gasteiger partial charge in [-0.15, -0.1) is 0 Å². The van der Waals surface area contributed by atoms with E-state index in [4.69, 9.17) is 9.05 Å². The van der Waals surface area contributed by atoms with E-state index in [9.17, 15) is 4.57 Å². The smallest absolute Gasteiger partial charge is 0.305 e. The van der Waals surface area contributed by atoms with Crippen LogP contribution in [-0.4, -0.2) is 13.2 Å². The van der Waals surface area contributed by atoms with Crippen molar-refractivity contribution in [2.75, 3.05) is 13.2 Å². The number of aryl methyl sites for hydroxylation is 1. The minimum atomic E-state index is -3.14. The summed E-state index contributed by atoms with van der Waals surface area (Å²) in [6, 6.07) is 5.68. The summed E-state index contributed by atoms with van der Waals surface area (Å²) in [6.07, 6.45) is 0. The first kappa shape index (κ1) is 13.4. The van der Waals surface area contributed by atoms with Crippen molar-refractivity contribution in [3.05, 3.63) is 29.3 Å². The predicted molar refractivity (Wildman–Crippen MR) is 66.4 cm³/mol. The molecule has 1 aromatic rings. The lowest BCUT2D eigenvalue weighted by atomic mass is 10.1. The summed E-state index contributed by atoms with van der Waals surface area (Å²) >= 11 is 0. The number of hydrogen-bond acceptors (Lipinski definition) is 3. The lowest BCUT2D eigenvalue weighted by Gasteiger charge is -2.19. The summed E-state index contributed by atoms with van der Waals surface area (Å²) in [5, 5.41) is 0.677. The lowest BCUT2D eigenvalue weighted by molar-refractivity contribution is 0.230. The summed E-state index contributed by atoms with van der Waals surface area (Å²) in [4.78, 5) is 0. The van der Waals surface area contributed by atoms with Crippen molar-refractivity contribution in [1.82, 2.24) is 0 Å². The quantitative estimate of drug-likeness (QED) is 0.744. The van der Waals surface area contributed by atoms with Crippen molar-refractivity contribution in [3.63, 3.8) is 0 Å². The predicted octanol–water partition coefficient (Wildman–Crippen LogP) is 3.19. The minimum Gasteiger partial charge on any atom is -0.305 e. The van der Waals surface area contributed by atoms with Crippen LogP contribution in [0.25, 0.3) is 0 Å². The van der Waals surface area contributed by atoms with Crippen molar-refractivity contribution in [2.24, 2.45) is 0 Å². The molecule has 0 saturated carbocycles. The fourth-order valence-electron chi connectivity index (χ4n) is 1.55. The molecule has 90 valence electrons. The van der Waals surface area contributed by atoms with Gasteiger partial charge >= 0.3 is 7.60 Å². The van der Waals surface area contributed by atoms with Gasteiger partial charge in [0.1, 0.15) is 0 Å². The van der Waals surface area contributed by atoms with Gasteiger partial charge in [0.15, 0.2) is 0 Å². The third kappa shape index (κ3) is 2.73. The monoisotopic (exact) mass is 242 g/mol. The molecule has 0 atom stereocenters. The first-order valence-corrected chi connectivity index (χ1v) is 7.05. The topological polar surface area (TPSA) is 35.5 Å². The van der Waals surface area contributed by atoms with E-state index in [1.807, 2.05) is 45.9 Å². The largest absolute Gasteiger partial charge is 0.361 e. The molecule has 3 nitrogen and oxygen atoms in total. The molecule has 0 N–H and O–H groups in total. The molecule has 0 heterocycles. The lowest BCUT2D eigenvalue weighted by Crippen LogP contribution is -2.14. The molecule has 1 aromatic carbocycles. The van der Waals surface area contributed by atoms with E-state index in [2.05, 4.69) is 0 Å². The molecule has 0 spiro atoms. The maximum absolute atomic E-state index is 12.5. The Kier molecular flexibility index (Phi) is 4.72. The van der Waals surface area contributed by atoms with Crippen LogP contribution in [0.2, 0.25) is 0 Å². The van der Waals surface area contributed by atoms with Crippen LogP contribution in [0.3, 0.4) is 0 Å². The van der Waals surface area contributed by atoms with Crippen molar-refractivity contribution in [3.8, 4) is 0 Å². The van der Waals surface area contributed by atoms with Crippen LogP contribution in [0.4, 0.5) is 0 Å². The second kappa shape index (κ2) is 5.62. The summed E-state index contributed by atoms with van der Waals surface area (Å²) in [5.41, 5.74) is 2.07. The molecule has 0 aliphatic rings. The van der Waals surface area contributed by atoms with E-state index < -0.39 is 7.60 Å². The zero-order valence-electron chi connectivity index (χ0n) is 10.3. The molecule has 0 amide bonds. The normalized spacial score (nSPS) is 11.8. The fourth-order valence-corrected chi connectivity index (χ4v) is 3.44. The van der Waals surface area contributed by atoms with Crippen molar-refractivity contribution in [1.29, 1.82) is 0 Å². The highest BCUT2D eigenvalue weighted by molar-refractivity contribution is 7.62. The Bertz CT molecular complexity index is 391. The SMILES string of the molecule is CCOP(=O)(OCC)c1cccc(C)c1C. The minimum absolute atomic E-state index is 0.380. The Labute approximate surface area is 97.3 Å². The first-order valence-electron chi connectivity index (χ1n) is 5.51. The van der Waals surface area contributed by atoms with E-state index in [0.29, 0.717) is 18.5 Å². The van der Waals surface area contributed by atoms with Crippen LogP contribution in [0.1, 0.15) is 25.0 Å². The molecule has 0 saturated heterocycles. The Morgan fingerprint density at radius 1 is 1.12 bits per heavy atom. The van der Waals surface area contributed by atoms with Gasteiger partial charge in [0.05, 0.1) is 18.5 Å². The van der Waals surface area contributed by atoms with Crippen molar-refractivity contribution >= 4 is 12.9 Å². The van der Waals surface area contributed by atoms with Crippen LogP contribution in [0.15, 0.2) is 18.2 Å². The molecule has 16 heavy (non-hydrogen) atoms. The fraction of sp³-hybridized carbons (Fsp3) is 0.500. The average Bonchev–Trinajstić information content (AvgIpc) is 2.22. The zero-order chi connectivity index (χ0) is 12.2. The third-order valence-corrected chi connectivity index (χ3v) is 4.74. The van der Waals surface area contributed by atoms with E-state index in [-0.39, 0.29) is 0 Å². The average molecular weight is 242 g/mol. The molecule has 0 radical (unpaired) electrons. The Balaban J connectivity index is 3.21. The Hall–Kier alpha value is -0.630. The van der Waals surface area contributed by atoms with Crippen LogP contribution in [-0.2, 0) is 13.6 Å². The molecule has 0 fully saturated rings. The van der Waals surface area contributed by atoms with Gasteiger partial charge in [-0.05, 0) is 44.9 Å². The summed E-state index contributed by atoms with van der Waals surface area (Å²) < 4.78 is 23.2. The molecule has 1 rings (SSSR count). The van der Waals surface area contributed by atoms with Gasteiger partial charge in [0.2, 0.25) is 0 Å². The van der Waals surface area contributed by atoms with Gasteiger partial charge in [-0.1, -0.05) is 12.1 Å². The summed E-state index contributed by atoms with van der Waals surface area (Å²) in [7, 11) is -3.14. The summed E-state index contributed by atoms with van der Waals surface area (Å²) in [5.74, 6) is 0. The van der Waals surface area contributed by atoms with Gasteiger partial charge in [0, 0.05) is 0 Å². The first-order chi connectivity index (χ1) is 7.55. The van der Waals surface area contributed by atoms with E-state index >= 15 is 0 Å². The van der Waals surface area contributed by atoms with Gasteiger partial charge in [-0.2, -0.15) is 0 Å². The number of benzene rings is 1. The molecular formula is C12H19O3P. The standard InChI is InChI=1S/C12H19O3P/c1-5-14-16(13,15-6-2)12-9-7-8-10(3)11(12)4/h7-9H,5-6H2,1-4H3. The van der Waals surface area contributed by atoms with E-state index in [0.717, 1.165) is 11.1 Å². The third-order valence-electron chi connectivity index (χ3n) is 2.47. The Morgan fingerprint density at radius 3 is 2.19 bits per heavy atom. The highest BCUT2D eigenvalue weighted by Gasteiger charge is 2.28. The van der Waals surface area contributed by atoms with Crippen LogP contribution in [0, 0.1) is 13.8 Å². The number of rotatable bonds is 5. The van der Waals surface area contributed by atoms with E-state index in [1.165, 1.54) is 0 Å². The van der Waals surface area contributed by atoms with Gasteiger partial charge in [0.25, 0.3) is 0 Å².